The summed E-state index contributed by atoms with van der Waals surface area (Å²) in [5.74, 6) is -13.0. The van der Waals surface area contributed by atoms with Crippen LogP contribution >= 0.6 is 0 Å². The van der Waals surface area contributed by atoms with Crippen LogP contribution in [0.1, 0.15) is 0 Å². The van der Waals surface area contributed by atoms with E-state index in [4.69, 9.17) is 0 Å². The van der Waals surface area contributed by atoms with E-state index in [2.05, 4.69) is 28.4 Å². The van der Waals surface area contributed by atoms with Crippen molar-refractivity contribution < 1.29 is 100 Å². The van der Waals surface area contributed by atoms with Gasteiger partial charge in [-0.3, -0.25) is 0 Å². The van der Waals surface area contributed by atoms with Gasteiger partial charge in [0.25, 0.3) is 0 Å². The van der Waals surface area contributed by atoms with Gasteiger partial charge in [0, 0.05) is 7.11 Å². The molecule has 22 heteroatoms. The number of halogens is 12. The molecule has 1 rings (SSSR count). The third-order valence-corrected chi connectivity index (χ3v) is 3.86. The summed E-state index contributed by atoms with van der Waals surface area (Å²) < 4.78 is 175. The van der Waals surface area contributed by atoms with Gasteiger partial charge in [0.1, 0.15) is 12.7 Å². The Kier molecular flexibility index (Phi) is 9.64. The van der Waals surface area contributed by atoms with Gasteiger partial charge < -0.3 is 28.4 Å². The van der Waals surface area contributed by atoms with Crippen molar-refractivity contribution in [2.45, 2.75) is 55.4 Å². The Morgan fingerprint density at radius 2 is 0.946 bits per heavy atom. The SMILES string of the molecule is CO[C@H]1O[C@H](COC(=O)C(F)(F)F)[C@@H](OC(=O)C(F)(F)F)[C@H](OC(=O)C(F)(F)F)[C@@H]1OC(=O)C(F)(F)F. The maximum atomic E-state index is 12.7. The van der Waals surface area contributed by atoms with Crippen LogP contribution in [0, 0.1) is 0 Å². The van der Waals surface area contributed by atoms with Crippen molar-refractivity contribution in [2.24, 2.45) is 0 Å². The minimum atomic E-state index is -6.02. The van der Waals surface area contributed by atoms with E-state index in [1.165, 1.54) is 0 Å². The number of esters is 4. The lowest BCUT2D eigenvalue weighted by molar-refractivity contribution is -0.317. The van der Waals surface area contributed by atoms with Gasteiger partial charge in [-0.1, -0.05) is 0 Å². The molecule has 0 N–H and O–H groups in total. The predicted octanol–water partition coefficient (Wildman–Crippen LogP) is 1.89. The second-order valence-corrected chi connectivity index (χ2v) is 6.48. The van der Waals surface area contributed by atoms with Crippen LogP contribution in [0.15, 0.2) is 0 Å². The molecule has 1 aliphatic rings. The molecule has 10 nitrogen and oxygen atoms in total. The number of rotatable bonds is 6. The van der Waals surface area contributed by atoms with Crippen LogP contribution in [0.3, 0.4) is 0 Å². The summed E-state index contributed by atoms with van der Waals surface area (Å²) in [6, 6.07) is 0. The molecule has 0 amide bonds. The molecule has 0 unspecified atom stereocenters. The predicted molar refractivity (Wildman–Crippen MR) is 80.5 cm³/mol. The van der Waals surface area contributed by atoms with Gasteiger partial charge in [-0.15, -0.1) is 0 Å². The number of methoxy groups -OCH3 is 1. The highest BCUT2D eigenvalue weighted by molar-refractivity contribution is 5.78. The molecular formula is C15H10F12O10. The maximum Gasteiger partial charge on any atom is 0.490 e. The lowest BCUT2D eigenvalue weighted by atomic mass is 9.98. The first-order valence-electron chi connectivity index (χ1n) is 8.75. The molecule has 0 bridgehead atoms. The van der Waals surface area contributed by atoms with Crippen LogP contribution in [0.25, 0.3) is 0 Å². The maximum absolute atomic E-state index is 12.7. The Bertz CT molecular complexity index is 862. The van der Waals surface area contributed by atoms with E-state index in [0.29, 0.717) is 7.11 Å². The molecule has 0 radical (unpaired) electrons. The van der Waals surface area contributed by atoms with E-state index < -0.39 is 85.9 Å². The molecule has 1 aliphatic heterocycles. The first-order chi connectivity index (χ1) is 16.5. The molecule has 0 aliphatic carbocycles. The summed E-state index contributed by atoms with van der Waals surface area (Å²) in [5.41, 5.74) is 0. The summed E-state index contributed by atoms with van der Waals surface area (Å²) >= 11 is 0. The van der Waals surface area contributed by atoms with Crippen molar-refractivity contribution in [3.05, 3.63) is 0 Å². The lowest BCUT2D eigenvalue weighted by Gasteiger charge is -2.43. The highest BCUT2D eigenvalue weighted by Crippen LogP contribution is 2.34. The molecule has 0 aromatic rings. The van der Waals surface area contributed by atoms with Gasteiger partial charge in [0.2, 0.25) is 0 Å². The molecule has 1 fully saturated rings. The number of carbonyl (C=O) groups excluding carboxylic acids is 4. The average molecular weight is 578 g/mol. The van der Waals surface area contributed by atoms with E-state index in [0.717, 1.165) is 0 Å². The van der Waals surface area contributed by atoms with Crippen LogP contribution in [-0.2, 0) is 47.6 Å². The zero-order valence-electron chi connectivity index (χ0n) is 17.2. The van der Waals surface area contributed by atoms with Gasteiger partial charge in [-0.05, 0) is 0 Å². The van der Waals surface area contributed by atoms with Crippen molar-refractivity contribution >= 4 is 23.9 Å². The Morgan fingerprint density at radius 3 is 1.30 bits per heavy atom. The molecule has 5 atom stereocenters. The van der Waals surface area contributed by atoms with Gasteiger partial charge in [0.15, 0.2) is 24.6 Å². The van der Waals surface area contributed by atoms with E-state index >= 15 is 0 Å². The average Bonchev–Trinajstić information content (AvgIpc) is 2.71. The zero-order chi connectivity index (χ0) is 29.1. The second kappa shape index (κ2) is 11.1. The molecule has 1 heterocycles. The Morgan fingerprint density at radius 1 is 0.595 bits per heavy atom. The fourth-order valence-electron chi connectivity index (χ4n) is 2.41. The van der Waals surface area contributed by atoms with Gasteiger partial charge in [-0.2, -0.15) is 52.7 Å². The minimum Gasteiger partial charge on any atom is -0.456 e. The van der Waals surface area contributed by atoms with Crippen LogP contribution < -0.4 is 0 Å². The molecule has 0 saturated carbocycles. The lowest BCUT2D eigenvalue weighted by Crippen LogP contribution is -2.64. The van der Waals surface area contributed by atoms with Crippen LogP contribution in [0.5, 0.6) is 0 Å². The van der Waals surface area contributed by atoms with E-state index in [9.17, 15) is 71.9 Å². The van der Waals surface area contributed by atoms with Crippen molar-refractivity contribution in [2.75, 3.05) is 13.7 Å². The van der Waals surface area contributed by atoms with E-state index in [1.54, 1.807) is 0 Å². The van der Waals surface area contributed by atoms with Gasteiger partial charge in [0.05, 0.1) is 0 Å². The molecular weight excluding hydrogens is 568 g/mol. The minimum absolute atomic E-state index is 0.475. The van der Waals surface area contributed by atoms with Gasteiger partial charge >= 0.3 is 48.6 Å². The summed E-state index contributed by atoms with van der Waals surface area (Å²) in [5, 5.41) is 0. The van der Waals surface area contributed by atoms with Crippen molar-refractivity contribution in [1.82, 2.24) is 0 Å². The van der Waals surface area contributed by atoms with Crippen molar-refractivity contribution in [3.8, 4) is 0 Å². The smallest absolute Gasteiger partial charge is 0.456 e. The summed E-state index contributed by atoms with van der Waals surface area (Å²) in [6.07, 6.45) is -38.7. The number of alkyl halides is 12. The van der Waals surface area contributed by atoms with Crippen LogP contribution in [-0.4, -0.2) is 93.0 Å². The second-order valence-electron chi connectivity index (χ2n) is 6.48. The number of carbonyl (C=O) groups is 4. The Balaban J connectivity index is 3.58. The molecule has 0 aromatic heterocycles. The third kappa shape index (κ3) is 8.79. The van der Waals surface area contributed by atoms with Crippen LogP contribution in [0.2, 0.25) is 0 Å². The standard InChI is InChI=1S/C15H10F12O10/c1-32-7-6(37-11(31)15(25,26)27)5(36-10(30)14(22,23)24)4(35-9(29)13(19,20)21)3(34-7)2-33-8(28)12(16,17)18/h3-7H,2H2,1H3/t3-,4-,5+,6+,7+/m1/s1. The Labute approximate surface area is 194 Å². The zero-order valence-corrected chi connectivity index (χ0v) is 17.2. The quantitative estimate of drug-likeness (QED) is 0.262. The molecule has 1 saturated heterocycles. The first kappa shape index (κ1) is 32.0. The van der Waals surface area contributed by atoms with Gasteiger partial charge in [-0.25, -0.2) is 19.2 Å². The highest BCUT2D eigenvalue weighted by Gasteiger charge is 2.59. The molecule has 0 spiro atoms. The number of hydrogen-bond donors (Lipinski definition) is 0. The fourth-order valence-corrected chi connectivity index (χ4v) is 2.41. The number of hydrogen-bond acceptors (Lipinski definition) is 10. The third-order valence-electron chi connectivity index (χ3n) is 3.86. The van der Waals surface area contributed by atoms with Crippen LogP contribution in [0.4, 0.5) is 52.7 Å². The van der Waals surface area contributed by atoms with E-state index in [-0.39, 0.29) is 0 Å². The summed E-state index contributed by atoms with van der Waals surface area (Å²) in [4.78, 5) is 44.7. The topological polar surface area (TPSA) is 124 Å². The summed E-state index contributed by atoms with van der Waals surface area (Å²) in [7, 11) is 0.475. The summed E-state index contributed by atoms with van der Waals surface area (Å²) in [6.45, 7) is -1.91. The Hall–Kier alpha value is -3.04. The van der Waals surface area contributed by atoms with E-state index in [1.807, 2.05) is 0 Å². The largest absolute Gasteiger partial charge is 0.490 e. The van der Waals surface area contributed by atoms with Crippen molar-refractivity contribution in [1.29, 1.82) is 0 Å². The number of ether oxygens (including phenoxy) is 6. The normalized spacial score (nSPS) is 25.2. The first-order valence-corrected chi connectivity index (χ1v) is 8.75. The van der Waals surface area contributed by atoms with Crippen molar-refractivity contribution in [3.63, 3.8) is 0 Å². The molecule has 214 valence electrons. The highest BCUT2D eigenvalue weighted by atomic mass is 19.4. The molecule has 37 heavy (non-hydrogen) atoms. The fraction of sp³-hybridized carbons (Fsp3) is 0.733. The molecule has 0 aromatic carbocycles. The monoisotopic (exact) mass is 578 g/mol.